The van der Waals surface area contributed by atoms with Crippen LogP contribution in [-0.2, 0) is 19.1 Å². The van der Waals surface area contributed by atoms with Gasteiger partial charge in [0.05, 0.1) is 0 Å². The summed E-state index contributed by atoms with van der Waals surface area (Å²) in [6.07, 6.45) is 8.22. The van der Waals surface area contributed by atoms with Crippen LogP contribution in [0, 0.1) is 0 Å². The summed E-state index contributed by atoms with van der Waals surface area (Å²) in [5.74, 6) is -1.10. The fraction of sp³-hybridized carbons (Fsp3) is 0.158. The van der Waals surface area contributed by atoms with Gasteiger partial charge in [0.15, 0.2) is 0 Å². The van der Waals surface area contributed by atoms with Crippen LogP contribution in [0.25, 0.3) is 0 Å². The van der Waals surface area contributed by atoms with Crippen molar-refractivity contribution in [2.24, 2.45) is 0 Å². The number of allylic oxidation sites excluding steroid dienone is 4. The minimum atomic E-state index is -2.46. The van der Waals surface area contributed by atoms with E-state index in [1.54, 1.807) is 13.7 Å². The first-order valence-electron chi connectivity index (χ1n) is 7.65. The molecule has 2 aromatic rings. The summed E-state index contributed by atoms with van der Waals surface area (Å²) in [5.41, 5.74) is 0. The monoisotopic (exact) mass is 538 g/mol. The van der Waals surface area contributed by atoms with Crippen LogP contribution < -0.4 is 10.4 Å². The maximum absolute atomic E-state index is 2.66. The molecule has 0 aliphatic heterocycles. The normalized spacial score (nSPS) is 13.9. The van der Waals surface area contributed by atoms with Gasteiger partial charge in [-0.3, -0.25) is 0 Å². The fourth-order valence-corrected chi connectivity index (χ4v) is 39.1. The molecule has 114 valence electrons. The van der Waals surface area contributed by atoms with Crippen LogP contribution in [0.4, 0.5) is 0 Å². The Morgan fingerprint density at radius 1 is 0.818 bits per heavy atom. The summed E-state index contributed by atoms with van der Waals surface area (Å²) >= 11 is -2.46. The second-order valence-corrected chi connectivity index (χ2v) is 41.2. The Bertz CT molecular complexity index is 623. The number of hydrogen-bond donors (Lipinski definition) is 0. The zero-order chi connectivity index (χ0) is 14.7. The van der Waals surface area contributed by atoms with Gasteiger partial charge in [-0.1, -0.05) is 0 Å². The van der Waals surface area contributed by atoms with Gasteiger partial charge in [0.1, 0.15) is 0 Å². The van der Waals surface area contributed by atoms with E-state index in [0.29, 0.717) is 0 Å². The molecule has 3 rings (SSSR count). The standard InChI is InChI=1S/C12H11Si.C5H5.2CH3.BrH.Hf/c1-3-7-11(8-4-1)13-12-9-5-2-6-10-12;1-2-4-5-3-1;;;;/h1-10,13H;1-3H,4H2;2*1H3;1H;. The number of hydrogen-bond acceptors (Lipinski definition) is 0. The van der Waals surface area contributed by atoms with E-state index in [1.807, 2.05) is 0 Å². The van der Waals surface area contributed by atoms with Crippen molar-refractivity contribution in [3.8, 4) is 0 Å². The molecule has 0 spiro atoms. The Morgan fingerprint density at radius 2 is 1.32 bits per heavy atom. The molecule has 3 heteroatoms. The van der Waals surface area contributed by atoms with Crippen LogP contribution in [-0.4, -0.2) is 5.98 Å². The second kappa shape index (κ2) is 7.85. The molecule has 0 saturated carbocycles. The van der Waals surface area contributed by atoms with E-state index < -0.39 is 25.1 Å². The minimum absolute atomic E-state index is 0. The molecule has 1 aliphatic rings. The molecule has 0 nitrogen and oxygen atoms in total. The molecule has 0 atom stereocenters. The van der Waals surface area contributed by atoms with Crippen molar-refractivity contribution in [1.82, 2.24) is 0 Å². The molecule has 0 fully saturated rings. The summed E-state index contributed by atoms with van der Waals surface area (Å²) in [6, 6.07) is 22.6. The SMILES string of the molecule is Br.[CH3][Hf]([CH3])([C]1=CC=CC1)[SiH](c1ccccc1)c1ccccc1. The molecule has 0 saturated heterocycles. The van der Waals surface area contributed by atoms with Gasteiger partial charge in [0, 0.05) is 0 Å². The summed E-state index contributed by atoms with van der Waals surface area (Å²) in [5, 5.41) is 3.26. The Kier molecular flexibility index (Phi) is 6.36. The average Bonchev–Trinajstić information content (AvgIpc) is 3.04. The summed E-state index contributed by atoms with van der Waals surface area (Å²) in [7, 11) is 0. The third-order valence-corrected chi connectivity index (χ3v) is 41.2. The predicted octanol–water partition coefficient (Wildman–Crippen LogP) is 4.20. The molecule has 22 heavy (non-hydrogen) atoms. The van der Waals surface area contributed by atoms with Crippen LogP contribution in [0.2, 0.25) is 9.36 Å². The van der Waals surface area contributed by atoms with Crippen LogP contribution in [0.3, 0.4) is 0 Å². The van der Waals surface area contributed by atoms with E-state index in [-0.39, 0.29) is 17.0 Å². The van der Waals surface area contributed by atoms with E-state index >= 15 is 0 Å². The molecule has 0 bridgehead atoms. The molecular weight excluding hydrogens is 515 g/mol. The van der Waals surface area contributed by atoms with Gasteiger partial charge < -0.3 is 0 Å². The zero-order valence-electron chi connectivity index (χ0n) is 13.2. The van der Waals surface area contributed by atoms with Crippen molar-refractivity contribution in [2.75, 3.05) is 0 Å². The molecule has 0 amide bonds. The Hall–Kier alpha value is -0.513. The van der Waals surface area contributed by atoms with E-state index in [2.05, 4.69) is 88.3 Å². The Balaban J connectivity index is 0.00000176. The van der Waals surface area contributed by atoms with Crippen molar-refractivity contribution in [3.63, 3.8) is 0 Å². The van der Waals surface area contributed by atoms with E-state index in [1.165, 1.54) is 6.42 Å². The molecule has 0 radical (unpaired) electrons. The van der Waals surface area contributed by atoms with Crippen molar-refractivity contribution < 1.29 is 19.1 Å². The molecule has 0 heterocycles. The first-order valence-corrected chi connectivity index (χ1v) is 24.6. The Labute approximate surface area is 149 Å². The fourth-order valence-electron chi connectivity index (χ4n) is 3.43. The van der Waals surface area contributed by atoms with Crippen LogP contribution in [0.5, 0.6) is 0 Å². The summed E-state index contributed by atoms with van der Waals surface area (Å²) < 4.78 is 7.11. The average molecular weight is 538 g/mol. The van der Waals surface area contributed by atoms with Gasteiger partial charge in [-0.25, -0.2) is 0 Å². The topological polar surface area (TPSA) is 0 Å². The van der Waals surface area contributed by atoms with Crippen molar-refractivity contribution in [3.05, 3.63) is 82.2 Å². The van der Waals surface area contributed by atoms with Crippen molar-refractivity contribution in [1.29, 1.82) is 0 Å². The van der Waals surface area contributed by atoms with Gasteiger partial charge in [0.25, 0.3) is 0 Å². The Morgan fingerprint density at radius 3 is 1.73 bits per heavy atom. The van der Waals surface area contributed by atoms with Gasteiger partial charge in [-0.2, -0.15) is 0 Å². The first kappa shape index (κ1) is 17.8. The number of rotatable bonds is 4. The van der Waals surface area contributed by atoms with E-state index in [0.717, 1.165) is 0 Å². The van der Waals surface area contributed by atoms with Crippen LogP contribution >= 0.6 is 17.0 Å². The summed E-state index contributed by atoms with van der Waals surface area (Å²) in [4.78, 5) is 0. The van der Waals surface area contributed by atoms with Crippen molar-refractivity contribution >= 4 is 33.3 Å². The second-order valence-electron chi connectivity index (χ2n) is 6.30. The van der Waals surface area contributed by atoms with Gasteiger partial charge in [-0.05, 0) is 0 Å². The third kappa shape index (κ3) is 3.69. The molecular formula is C19H23BrHfSi. The quantitative estimate of drug-likeness (QED) is 0.513. The zero-order valence-corrected chi connectivity index (χ0v) is 19.7. The number of halogens is 1. The molecule has 0 N–H and O–H groups in total. The molecule has 0 unspecified atom stereocenters. The molecule has 1 aliphatic carbocycles. The van der Waals surface area contributed by atoms with Gasteiger partial charge >= 0.3 is 133 Å². The molecule has 2 aromatic carbocycles. The predicted molar refractivity (Wildman–Crippen MR) is 103 cm³/mol. The van der Waals surface area contributed by atoms with Crippen LogP contribution in [0.15, 0.2) is 82.2 Å². The maximum atomic E-state index is 2.66. The van der Waals surface area contributed by atoms with Crippen LogP contribution in [0.1, 0.15) is 6.42 Å². The van der Waals surface area contributed by atoms with E-state index in [4.69, 9.17) is 0 Å². The van der Waals surface area contributed by atoms with Gasteiger partial charge in [-0.15, -0.1) is 17.0 Å². The summed E-state index contributed by atoms with van der Waals surface area (Å²) in [6.45, 7) is 0. The third-order valence-electron chi connectivity index (χ3n) is 4.59. The van der Waals surface area contributed by atoms with Gasteiger partial charge in [0.2, 0.25) is 0 Å². The first-order chi connectivity index (χ1) is 10.2. The van der Waals surface area contributed by atoms with Crippen molar-refractivity contribution in [2.45, 2.75) is 15.8 Å². The van der Waals surface area contributed by atoms with E-state index in [9.17, 15) is 0 Å². The number of benzene rings is 2. The molecule has 0 aromatic heterocycles.